The lowest BCUT2D eigenvalue weighted by atomic mass is 10.2. The maximum Gasteiger partial charge on any atom is 0.257 e. The van der Waals surface area contributed by atoms with Crippen LogP contribution in [0.5, 0.6) is 0 Å². The summed E-state index contributed by atoms with van der Waals surface area (Å²) in [5.41, 5.74) is 0.206. The van der Waals surface area contributed by atoms with Gasteiger partial charge in [-0.2, -0.15) is 4.31 Å². The summed E-state index contributed by atoms with van der Waals surface area (Å²) < 4.78 is 28.3. The van der Waals surface area contributed by atoms with E-state index in [1.165, 1.54) is 45.6 Å². The van der Waals surface area contributed by atoms with E-state index >= 15 is 0 Å². The van der Waals surface area contributed by atoms with Crippen molar-refractivity contribution in [2.45, 2.75) is 41.8 Å². The lowest BCUT2D eigenvalue weighted by Crippen LogP contribution is -2.32. The number of nitrogens with one attached hydrogen (secondary N) is 1. The molecule has 0 unspecified atom stereocenters. The van der Waals surface area contributed by atoms with Crippen LogP contribution in [-0.2, 0) is 10.0 Å². The van der Waals surface area contributed by atoms with Crippen LogP contribution in [0.15, 0.2) is 27.4 Å². The van der Waals surface area contributed by atoms with Gasteiger partial charge < -0.3 is 0 Å². The summed E-state index contributed by atoms with van der Waals surface area (Å²) in [6, 6.07) is 4.28. The van der Waals surface area contributed by atoms with Crippen LogP contribution >= 0.6 is 34.7 Å². The normalized spacial score (nSPS) is 15.9. The first-order valence-corrected chi connectivity index (χ1v) is 12.6. The quantitative estimate of drug-likeness (QED) is 0.514. The number of amides is 1. The second kappa shape index (κ2) is 9.53. The molecule has 1 saturated heterocycles. The van der Waals surface area contributed by atoms with Gasteiger partial charge in [0.1, 0.15) is 4.90 Å². The Hall–Kier alpha value is -1.20. The van der Waals surface area contributed by atoms with E-state index in [2.05, 4.69) is 15.5 Å². The van der Waals surface area contributed by atoms with Gasteiger partial charge in [0.05, 0.1) is 5.02 Å². The van der Waals surface area contributed by atoms with Gasteiger partial charge in [-0.05, 0) is 36.8 Å². The maximum atomic E-state index is 13.1. The molecule has 7 nitrogen and oxygen atoms in total. The first-order valence-electron chi connectivity index (χ1n) is 8.99. The molecule has 1 aromatic carbocycles. The van der Waals surface area contributed by atoms with Gasteiger partial charge in [-0.25, -0.2) is 8.42 Å². The molecule has 11 heteroatoms. The largest absolute Gasteiger partial charge is 0.296 e. The second-order valence-corrected chi connectivity index (χ2v) is 11.0. The van der Waals surface area contributed by atoms with Gasteiger partial charge in [0, 0.05) is 18.7 Å². The fourth-order valence-corrected chi connectivity index (χ4v) is 6.54. The van der Waals surface area contributed by atoms with Gasteiger partial charge in [0.15, 0.2) is 4.34 Å². The van der Waals surface area contributed by atoms with Gasteiger partial charge in [-0.3, -0.25) is 10.1 Å². The second-order valence-electron chi connectivity index (χ2n) is 6.22. The molecule has 152 valence electrons. The Kier molecular flexibility index (Phi) is 7.32. The third kappa shape index (κ3) is 5.04. The van der Waals surface area contributed by atoms with Crippen molar-refractivity contribution in [2.24, 2.45) is 0 Å². The van der Waals surface area contributed by atoms with Crippen LogP contribution in [0.1, 0.15) is 43.0 Å². The van der Waals surface area contributed by atoms with Gasteiger partial charge in [-0.15, -0.1) is 10.2 Å². The topological polar surface area (TPSA) is 92.3 Å². The molecule has 2 heterocycles. The Bertz CT molecular complexity index is 941. The third-order valence-corrected chi connectivity index (χ3v) is 8.51. The van der Waals surface area contributed by atoms with Crippen LogP contribution in [0.4, 0.5) is 5.13 Å². The van der Waals surface area contributed by atoms with Crippen molar-refractivity contribution in [3.05, 3.63) is 28.8 Å². The predicted octanol–water partition coefficient (Wildman–Crippen LogP) is 4.12. The van der Waals surface area contributed by atoms with Crippen LogP contribution in [0.3, 0.4) is 0 Å². The summed E-state index contributed by atoms with van der Waals surface area (Å²) in [6.07, 6.45) is 3.68. The molecule has 0 bridgehead atoms. The summed E-state index contributed by atoms with van der Waals surface area (Å²) in [6.45, 7) is 2.94. The number of hydrogen-bond acceptors (Lipinski definition) is 7. The van der Waals surface area contributed by atoms with E-state index in [0.717, 1.165) is 35.8 Å². The van der Waals surface area contributed by atoms with E-state index in [1.807, 2.05) is 6.92 Å². The van der Waals surface area contributed by atoms with Crippen molar-refractivity contribution >= 4 is 55.8 Å². The van der Waals surface area contributed by atoms with E-state index in [-0.39, 0.29) is 15.5 Å². The number of carbonyl (C=O) groups is 1. The molecule has 2 aromatic rings. The SMILES string of the molecule is CCSc1nnc(NC(=O)c2ccc(Cl)c(S(=O)(=O)N3CCCCCC3)c2)s1. The molecule has 0 atom stereocenters. The predicted molar refractivity (Wildman–Crippen MR) is 113 cm³/mol. The monoisotopic (exact) mass is 460 g/mol. The molecule has 28 heavy (non-hydrogen) atoms. The lowest BCUT2D eigenvalue weighted by Gasteiger charge is -2.21. The fourth-order valence-electron chi connectivity index (χ4n) is 2.87. The summed E-state index contributed by atoms with van der Waals surface area (Å²) in [5.74, 6) is 0.408. The number of nitrogens with zero attached hydrogens (tertiary/aromatic N) is 3. The maximum absolute atomic E-state index is 13.1. The minimum atomic E-state index is -3.76. The van der Waals surface area contributed by atoms with E-state index in [4.69, 9.17) is 11.6 Å². The third-order valence-electron chi connectivity index (χ3n) is 4.27. The Morgan fingerprint density at radius 1 is 1.25 bits per heavy atom. The van der Waals surface area contributed by atoms with Crippen molar-refractivity contribution < 1.29 is 13.2 Å². The molecule has 1 aromatic heterocycles. The first-order chi connectivity index (χ1) is 13.4. The van der Waals surface area contributed by atoms with E-state index < -0.39 is 15.9 Å². The number of benzene rings is 1. The Morgan fingerprint density at radius 3 is 2.64 bits per heavy atom. The number of aromatic nitrogens is 2. The molecule has 0 saturated carbocycles. The van der Waals surface area contributed by atoms with Gasteiger partial charge in [0.2, 0.25) is 15.2 Å². The molecule has 0 radical (unpaired) electrons. The Morgan fingerprint density at radius 2 is 1.96 bits per heavy atom. The average Bonchev–Trinajstić information content (AvgIpc) is 2.92. The standard InChI is InChI=1S/C17H21ClN4O3S3/c1-2-26-17-21-20-16(27-17)19-15(23)12-7-8-13(18)14(11-12)28(24,25)22-9-5-3-4-6-10-22/h7-8,11H,2-6,9-10H2,1H3,(H,19,20,23). The zero-order valence-electron chi connectivity index (χ0n) is 15.4. The number of hydrogen-bond donors (Lipinski definition) is 1. The molecule has 0 spiro atoms. The smallest absolute Gasteiger partial charge is 0.257 e. The lowest BCUT2D eigenvalue weighted by molar-refractivity contribution is 0.102. The zero-order chi connectivity index (χ0) is 20.1. The minimum Gasteiger partial charge on any atom is -0.296 e. The molecule has 3 rings (SSSR count). The van der Waals surface area contributed by atoms with E-state index in [1.54, 1.807) is 0 Å². The summed E-state index contributed by atoms with van der Waals surface area (Å²) in [7, 11) is -3.76. The highest BCUT2D eigenvalue weighted by Gasteiger charge is 2.28. The van der Waals surface area contributed by atoms with Gasteiger partial charge >= 0.3 is 0 Å². The Balaban J connectivity index is 1.82. The van der Waals surface area contributed by atoms with E-state index in [0.29, 0.717) is 18.2 Å². The molecule has 1 N–H and O–H groups in total. The molecule has 1 fully saturated rings. The molecule has 1 aliphatic rings. The number of sulfonamides is 1. The number of rotatable bonds is 6. The zero-order valence-corrected chi connectivity index (χ0v) is 18.6. The fraction of sp³-hybridized carbons (Fsp3) is 0.471. The number of thioether (sulfide) groups is 1. The van der Waals surface area contributed by atoms with Gasteiger partial charge in [0.25, 0.3) is 5.91 Å². The summed E-state index contributed by atoms with van der Waals surface area (Å²) in [4.78, 5) is 12.5. The van der Waals surface area contributed by atoms with Crippen LogP contribution in [0.2, 0.25) is 5.02 Å². The average molecular weight is 461 g/mol. The van der Waals surface area contributed by atoms with Crippen molar-refractivity contribution in [1.82, 2.24) is 14.5 Å². The van der Waals surface area contributed by atoms with Crippen molar-refractivity contribution in [3.8, 4) is 0 Å². The number of anilines is 1. The molecule has 1 amide bonds. The van der Waals surface area contributed by atoms with E-state index in [9.17, 15) is 13.2 Å². The number of halogens is 1. The van der Waals surface area contributed by atoms with Crippen molar-refractivity contribution in [3.63, 3.8) is 0 Å². The highest BCUT2D eigenvalue weighted by molar-refractivity contribution is 8.01. The first kappa shape index (κ1) is 21.5. The summed E-state index contributed by atoms with van der Waals surface area (Å²) in [5, 5.41) is 11.1. The molecule has 1 aliphatic heterocycles. The van der Waals surface area contributed by atoms with Crippen LogP contribution in [0, 0.1) is 0 Å². The van der Waals surface area contributed by atoms with Crippen LogP contribution in [0.25, 0.3) is 0 Å². The number of carbonyl (C=O) groups excluding carboxylic acids is 1. The van der Waals surface area contributed by atoms with Crippen LogP contribution in [-0.4, -0.2) is 47.7 Å². The molecular weight excluding hydrogens is 440 g/mol. The van der Waals surface area contributed by atoms with Gasteiger partial charge in [-0.1, -0.05) is 54.5 Å². The molecule has 0 aliphatic carbocycles. The summed E-state index contributed by atoms with van der Waals surface area (Å²) >= 11 is 8.99. The van der Waals surface area contributed by atoms with Crippen LogP contribution < -0.4 is 5.32 Å². The molecular formula is C17H21ClN4O3S3. The van der Waals surface area contributed by atoms with Crippen molar-refractivity contribution in [2.75, 3.05) is 24.2 Å². The highest BCUT2D eigenvalue weighted by Crippen LogP contribution is 2.29. The van der Waals surface area contributed by atoms with Crippen molar-refractivity contribution in [1.29, 1.82) is 0 Å². The Labute approximate surface area is 177 Å². The minimum absolute atomic E-state index is 0.0387. The highest BCUT2D eigenvalue weighted by atomic mass is 35.5.